The van der Waals surface area contributed by atoms with E-state index >= 15 is 0 Å². The summed E-state index contributed by atoms with van der Waals surface area (Å²) in [7, 11) is 1.47. The smallest absolute Gasteiger partial charge is 0.252 e. The molecule has 1 atom stereocenters. The Bertz CT molecular complexity index is 446. The number of carbonyl (C=O) groups excluding carboxylic acids is 2. The van der Waals surface area contributed by atoms with E-state index in [0.29, 0.717) is 17.0 Å². The number of methoxy groups -OCH3 is 1. The predicted octanol–water partition coefficient (Wildman–Crippen LogP) is -0.119. The fourth-order valence-electron chi connectivity index (χ4n) is 1.22. The van der Waals surface area contributed by atoms with E-state index in [4.69, 9.17) is 16.2 Å². The maximum Gasteiger partial charge on any atom is 0.252 e. The third kappa shape index (κ3) is 3.37. The van der Waals surface area contributed by atoms with Crippen LogP contribution in [0.5, 0.6) is 5.75 Å². The lowest BCUT2D eigenvalue weighted by Gasteiger charge is -2.11. The zero-order valence-corrected chi connectivity index (χ0v) is 9.69. The van der Waals surface area contributed by atoms with E-state index in [1.807, 2.05) is 0 Å². The van der Waals surface area contributed by atoms with Crippen LogP contribution in [0.4, 0.5) is 5.69 Å². The van der Waals surface area contributed by atoms with Crippen molar-refractivity contribution in [2.24, 2.45) is 5.73 Å². The van der Waals surface area contributed by atoms with Crippen molar-refractivity contribution in [1.82, 2.24) is 5.32 Å². The topological polar surface area (TPSA) is 107 Å². The summed E-state index contributed by atoms with van der Waals surface area (Å²) in [5.74, 6) is -0.557. The van der Waals surface area contributed by atoms with E-state index in [1.54, 1.807) is 6.07 Å². The Labute approximate surface area is 98.9 Å². The highest BCUT2D eigenvalue weighted by molar-refractivity contribution is 5.98. The molecule has 5 N–H and O–H groups in total. The van der Waals surface area contributed by atoms with E-state index in [2.05, 4.69) is 5.32 Å². The molecule has 0 saturated heterocycles. The number of hydrogen-bond donors (Lipinski definition) is 3. The Hall–Kier alpha value is -2.24. The Balaban J connectivity index is 2.88. The quantitative estimate of drug-likeness (QED) is 0.634. The standard InChI is InChI=1S/C11H15N3O3/c1-6(10(13)15)14-11(16)7-3-8(12)5-9(4-7)17-2/h3-6H,12H2,1-2H3,(H2,13,15)(H,14,16). The van der Waals surface area contributed by atoms with Gasteiger partial charge >= 0.3 is 0 Å². The number of nitrogens with one attached hydrogen (secondary N) is 1. The van der Waals surface area contributed by atoms with Crippen LogP contribution in [0.1, 0.15) is 17.3 Å². The van der Waals surface area contributed by atoms with Crippen LogP contribution >= 0.6 is 0 Å². The maximum absolute atomic E-state index is 11.7. The molecule has 0 bridgehead atoms. The minimum Gasteiger partial charge on any atom is -0.497 e. The van der Waals surface area contributed by atoms with Gasteiger partial charge in [0.1, 0.15) is 11.8 Å². The third-order valence-electron chi connectivity index (χ3n) is 2.20. The number of rotatable bonds is 4. The van der Waals surface area contributed by atoms with Crippen molar-refractivity contribution in [1.29, 1.82) is 0 Å². The molecule has 6 nitrogen and oxygen atoms in total. The molecule has 1 aromatic rings. The number of anilines is 1. The summed E-state index contributed by atoms with van der Waals surface area (Å²) < 4.78 is 4.99. The molecule has 1 aromatic carbocycles. The van der Waals surface area contributed by atoms with Gasteiger partial charge in [-0.2, -0.15) is 0 Å². The second kappa shape index (κ2) is 5.20. The lowest BCUT2D eigenvalue weighted by Crippen LogP contribution is -2.42. The molecule has 0 radical (unpaired) electrons. The SMILES string of the molecule is COc1cc(N)cc(C(=O)NC(C)C(N)=O)c1. The van der Waals surface area contributed by atoms with Crippen molar-refractivity contribution in [2.75, 3.05) is 12.8 Å². The van der Waals surface area contributed by atoms with Crippen LogP contribution in [0.25, 0.3) is 0 Å². The highest BCUT2D eigenvalue weighted by atomic mass is 16.5. The Morgan fingerprint density at radius 2 is 2.00 bits per heavy atom. The number of ether oxygens (including phenoxy) is 1. The highest BCUT2D eigenvalue weighted by Gasteiger charge is 2.14. The number of amides is 2. The number of hydrogen-bond acceptors (Lipinski definition) is 4. The predicted molar refractivity (Wildman–Crippen MR) is 63.5 cm³/mol. The second-order valence-electron chi connectivity index (χ2n) is 3.59. The van der Waals surface area contributed by atoms with E-state index in [0.717, 1.165) is 0 Å². The van der Waals surface area contributed by atoms with Crippen LogP contribution in [-0.4, -0.2) is 25.0 Å². The molecule has 1 rings (SSSR count). The van der Waals surface area contributed by atoms with Gasteiger partial charge in [0, 0.05) is 17.3 Å². The molecular weight excluding hydrogens is 222 g/mol. The molecule has 0 spiro atoms. The van der Waals surface area contributed by atoms with Gasteiger partial charge in [-0.15, -0.1) is 0 Å². The van der Waals surface area contributed by atoms with Crippen molar-refractivity contribution in [3.63, 3.8) is 0 Å². The lowest BCUT2D eigenvalue weighted by atomic mass is 10.1. The van der Waals surface area contributed by atoms with Crippen LogP contribution in [0.2, 0.25) is 0 Å². The zero-order chi connectivity index (χ0) is 13.0. The first-order chi connectivity index (χ1) is 7.93. The van der Waals surface area contributed by atoms with E-state index in [9.17, 15) is 9.59 Å². The summed E-state index contributed by atoms with van der Waals surface area (Å²) in [4.78, 5) is 22.6. The highest BCUT2D eigenvalue weighted by Crippen LogP contribution is 2.18. The summed E-state index contributed by atoms with van der Waals surface area (Å²) in [6.45, 7) is 1.50. The molecule has 0 aromatic heterocycles. The van der Waals surface area contributed by atoms with Crippen molar-refractivity contribution in [2.45, 2.75) is 13.0 Å². The summed E-state index contributed by atoms with van der Waals surface area (Å²) in [5.41, 5.74) is 11.4. The van der Waals surface area contributed by atoms with Crippen LogP contribution in [0.15, 0.2) is 18.2 Å². The van der Waals surface area contributed by atoms with E-state index in [-0.39, 0.29) is 0 Å². The average Bonchev–Trinajstić information content (AvgIpc) is 2.27. The van der Waals surface area contributed by atoms with Crippen molar-refractivity contribution in [3.8, 4) is 5.75 Å². The molecule has 1 unspecified atom stereocenters. The Morgan fingerprint density at radius 3 is 2.53 bits per heavy atom. The zero-order valence-electron chi connectivity index (χ0n) is 9.69. The summed E-state index contributed by atoms with van der Waals surface area (Å²) in [5, 5.41) is 2.45. The molecule has 0 aliphatic carbocycles. The van der Waals surface area contributed by atoms with Gasteiger partial charge in [-0.05, 0) is 19.1 Å². The minimum atomic E-state index is -0.741. The van der Waals surface area contributed by atoms with Crippen molar-refractivity contribution in [3.05, 3.63) is 23.8 Å². The van der Waals surface area contributed by atoms with Crippen LogP contribution in [0.3, 0.4) is 0 Å². The first-order valence-corrected chi connectivity index (χ1v) is 4.98. The molecular formula is C11H15N3O3. The van der Waals surface area contributed by atoms with Gasteiger partial charge in [-0.25, -0.2) is 0 Å². The molecule has 17 heavy (non-hydrogen) atoms. The van der Waals surface area contributed by atoms with Gasteiger partial charge in [0.25, 0.3) is 5.91 Å². The Morgan fingerprint density at radius 1 is 1.35 bits per heavy atom. The van der Waals surface area contributed by atoms with E-state index in [1.165, 1.54) is 26.2 Å². The summed E-state index contributed by atoms with van der Waals surface area (Å²) >= 11 is 0. The molecule has 6 heteroatoms. The van der Waals surface area contributed by atoms with Gasteiger partial charge in [-0.3, -0.25) is 9.59 Å². The normalized spacial score (nSPS) is 11.6. The second-order valence-corrected chi connectivity index (χ2v) is 3.59. The molecule has 0 aliphatic rings. The van der Waals surface area contributed by atoms with Crippen molar-refractivity contribution >= 4 is 17.5 Å². The number of carbonyl (C=O) groups is 2. The molecule has 2 amide bonds. The largest absolute Gasteiger partial charge is 0.497 e. The van der Waals surface area contributed by atoms with E-state index < -0.39 is 17.9 Å². The van der Waals surface area contributed by atoms with Crippen molar-refractivity contribution < 1.29 is 14.3 Å². The first-order valence-electron chi connectivity index (χ1n) is 4.98. The fraction of sp³-hybridized carbons (Fsp3) is 0.273. The van der Waals surface area contributed by atoms with Crippen LogP contribution in [0, 0.1) is 0 Å². The number of nitrogens with two attached hydrogens (primary N) is 2. The fourth-order valence-corrected chi connectivity index (χ4v) is 1.22. The van der Waals surface area contributed by atoms with Gasteiger partial charge in [0.2, 0.25) is 5.91 Å². The molecule has 0 fully saturated rings. The Kier molecular flexibility index (Phi) is 3.92. The molecule has 0 heterocycles. The molecule has 0 saturated carbocycles. The number of primary amides is 1. The molecule has 92 valence electrons. The maximum atomic E-state index is 11.7. The van der Waals surface area contributed by atoms with Gasteiger partial charge in [-0.1, -0.05) is 0 Å². The number of nitrogen functional groups attached to an aromatic ring is 1. The average molecular weight is 237 g/mol. The summed E-state index contributed by atoms with van der Waals surface area (Å²) in [6.07, 6.45) is 0. The first kappa shape index (κ1) is 12.8. The van der Waals surface area contributed by atoms with Crippen LogP contribution < -0.4 is 21.5 Å². The lowest BCUT2D eigenvalue weighted by molar-refractivity contribution is -0.119. The molecule has 0 aliphatic heterocycles. The van der Waals surface area contributed by atoms with Gasteiger partial charge in [0.05, 0.1) is 7.11 Å². The summed E-state index contributed by atoms with van der Waals surface area (Å²) in [6, 6.07) is 3.87. The minimum absolute atomic E-state index is 0.315. The van der Waals surface area contributed by atoms with Gasteiger partial charge in [0.15, 0.2) is 0 Å². The monoisotopic (exact) mass is 237 g/mol. The van der Waals surface area contributed by atoms with Gasteiger partial charge < -0.3 is 21.5 Å². The number of benzene rings is 1. The van der Waals surface area contributed by atoms with Crippen LogP contribution in [-0.2, 0) is 4.79 Å². The third-order valence-corrected chi connectivity index (χ3v) is 2.20.